The van der Waals surface area contributed by atoms with E-state index in [0.717, 1.165) is 19.2 Å². The number of nitro groups is 1. The van der Waals surface area contributed by atoms with E-state index in [1.54, 1.807) is 0 Å². The molecule has 1 aliphatic heterocycles. The molecule has 98 valence electrons. The SMILES string of the molecule is O=[N+]([O-])c1cc(F)c(N2CCNCC2)cc1CO. The summed E-state index contributed by atoms with van der Waals surface area (Å²) in [5.41, 5.74) is 0.0648. The molecule has 0 radical (unpaired) electrons. The van der Waals surface area contributed by atoms with Crippen LogP contribution < -0.4 is 10.2 Å². The van der Waals surface area contributed by atoms with Crippen LogP contribution in [0.5, 0.6) is 0 Å². The molecule has 0 aromatic heterocycles. The zero-order chi connectivity index (χ0) is 13.1. The molecule has 0 amide bonds. The van der Waals surface area contributed by atoms with Crippen molar-refractivity contribution in [2.24, 2.45) is 0 Å². The van der Waals surface area contributed by atoms with Gasteiger partial charge in [0.15, 0.2) is 5.82 Å². The Morgan fingerprint density at radius 3 is 2.67 bits per heavy atom. The van der Waals surface area contributed by atoms with Crippen LogP contribution in [0.2, 0.25) is 0 Å². The predicted molar refractivity (Wildman–Crippen MR) is 64.1 cm³/mol. The van der Waals surface area contributed by atoms with E-state index in [2.05, 4.69) is 5.32 Å². The molecule has 0 saturated carbocycles. The molecule has 18 heavy (non-hydrogen) atoms. The molecule has 0 spiro atoms. The Labute approximate surface area is 103 Å². The summed E-state index contributed by atoms with van der Waals surface area (Å²) in [5, 5.41) is 23.0. The Morgan fingerprint density at radius 1 is 1.44 bits per heavy atom. The van der Waals surface area contributed by atoms with E-state index >= 15 is 0 Å². The van der Waals surface area contributed by atoms with Gasteiger partial charge in [-0.15, -0.1) is 0 Å². The van der Waals surface area contributed by atoms with Crippen LogP contribution in [-0.2, 0) is 6.61 Å². The summed E-state index contributed by atoms with van der Waals surface area (Å²) >= 11 is 0. The third-order valence-corrected chi connectivity index (χ3v) is 2.97. The fourth-order valence-electron chi connectivity index (χ4n) is 2.04. The highest BCUT2D eigenvalue weighted by molar-refractivity contribution is 5.57. The smallest absolute Gasteiger partial charge is 0.277 e. The first-order chi connectivity index (χ1) is 8.63. The summed E-state index contributed by atoms with van der Waals surface area (Å²) in [4.78, 5) is 11.9. The van der Waals surface area contributed by atoms with Gasteiger partial charge in [-0.25, -0.2) is 4.39 Å². The molecular weight excluding hydrogens is 241 g/mol. The maximum absolute atomic E-state index is 13.9. The normalized spacial score (nSPS) is 15.8. The molecule has 1 heterocycles. The number of aliphatic hydroxyl groups is 1. The molecule has 0 bridgehead atoms. The molecule has 6 nitrogen and oxygen atoms in total. The third kappa shape index (κ3) is 2.41. The minimum absolute atomic E-state index is 0.134. The van der Waals surface area contributed by atoms with Gasteiger partial charge in [-0.2, -0.15) is 0 Å². The van der Waals surface area contributed by atoms with E-state index in [9.17, 15) is 14.5 Å². The number of rotatable bonds is 3. The summed E-state index contributed by atoms with van der Waals surface area (Å²) in [6.07, 6.45) is 0. The van der Waals surface area contributed by atoms with E-state index < -0.39 is 17.3 Å². The minimum atomic E-state index is -0.684. The molecule has 1 aromatic rings. The van der Waals surface area contributed by atoms with Gasteiger partial charge in [0.1, 0.15) is 0 Å². The monoisotopic (exact) mass is 255 g/mol. The lowest BCUT2D eigenvalue weighted by Crippen LogP contribution is -2.43. The van der Waals surface area contributed by atoms with Crippen molar-refractivity contribution in [3.8, 4) is 0 Å². The molecule has 0 unspecified atom stereocenters. The number of hydrogen-bond acceptors (Lipinski definition) is 5. The zero-order valence-electron chi connectivity index (χ0n) is 9.73. The Hall–Kier alpha value is -1.73. The van der Waals surface area contributed by atoms with Crippen LogP contribution >= 0.6 is 0 Å². The fraction of sp³-hybridized carbons (Fsp3) is 0.455. The minimum Gasteiger partial charge on any atom is -0.391 e. The second-order valence-electron chi connectivity index (χ2n) is 4.08. The van der Waals surface area contributed by atoms with Gasteiger partial charge in [0.05, 0.1) is 28.8 Å². The first-order valence-corrected chi connectivity index (χ1v) is 5.67. The average molecular weight is 255 g/mol. The Balaban J connectivity index is 2.39. The molecule has 2 rings (SSSR count). The van der Waals surface area contributed by atoms with Crippen LogP contribution in [0.15, 0.2) is 12.1 Å². The molecule has 1 aliphatic rings. The van der Waals surface area contributed by atoms with Crippen LogP contribution in [0.1, 0.15) is 5.56 Å². The molecular formula is C11H14FN3O3. The highest BCUT2D eigenvalue weighted by Gasteiger charge is 2.21. The lowest BCUT2D eigenvalue weighted by atomic mass is 10.1. The van der Waals surface area contributed by atoms with Crippen molar-refractivity contribution in [1.29, 1.82) is 0 Å². The zero-order valence-corrected chi connectivity index (χ0v) is 9.73. The van der Waals surface area contributed by atoms with Crippen molar-refractivity contribution in [2.75, 3.05) is 31.1 Å². The number of benzene rings is 1. The average Bonchev–Trinajstić information content (AvgIpc) is 2.39. The number of piperazine rings is 1. The lowest BCUT2D eigenvalue weighted by Gasteiger charge is -2.29. The van der Waals surface area contributed by atoms with E-state index in [1.807, 2.05) is 4.90 Å². The standard InChI is InChI=1S/C11H14FN3O3/c12-9-6-10(15(17)18)8(7-16)5-11(9)14-3-1-13-2-4-14/h5-6,13,16H,1-4,7H2. The number of halogens is 1. The van der Waals surface area contributed by atoms with Crippen molar-refractivity contribution < 1.29 is 14.4 Å². The van der Waals surface area contributed by atoms with Gasteiger partial charge in [0.2, 0.25) is 0 Å². The molecule has 7 heteroatoms. The second kappa shape index (κ2) is 5.28. The van der Waals surface area contributed by atoms with E-state index in [0.29, 0.717) is 18.8 Å². The van der Waals surface area contributed by atoms with Gasteiger partial charge in [-0.05, 0) is 6.07 Å². The highest BCUT2D eigenvalue weighted by Crippen LogP contribution is 2.28. The molecule has 0 atom stereocenters. The van der Waals surface area contributed by atoms with Gasteiger partial charge in [-0.1, -0.05) is 0 Å². The van der Waals surface area contributed by atoms with E-state index in [1.165, 1.54) is 6.07 Å². The number of hydrogen-bond donors (Lipinski definition) is 2. The number of nitrogens with one attached hydrogen (secondary N) is 1. The summed E-state index contributed by atoms with van der Waals surface area (Å²) in [6.45, 7) is 2.28. The van der Waals surface area contributed by atoms with Crippen molar-refractivity contribution in [3.63, 3.8) is 0 Å². The Bertz CT molecular complexity index is 461. The second-order valence-corrected chi connectivity index (χ2v) is 4.08. The lowest BCUT2D eigenvalue weighted by molar-refractivity contribution is -0.386. The quantitative estimate of drug-likeness (QED) is 0.612. The number of nitro benzene ring substituents is 1. The summed E-state index contributed by atoms with van der Waals surface area (Å²) < 4.78 is 13.9. The van der Waals surface area contributed by atoms with Crippen LogP contribution in [0.3, 0.4) is 0 Å². The van der Waals surface area contributed by atoms with Crippen molar-refractivity contribution in [2.45, 2.75) is 6.61 Å². The van der Waals surface area contributed by atoms with Crippen LogP contribution in [0.4, 0.5) is 15.8 Å². The number of nitrogens with zero attached hydrogens (tertiary/aromatic N) is 2. The number of aliphatic hydroxyl groups excluding tert-OH is 1. The Kier molecular flexibility index (Phi) is 3.73. The molecule has 1 aromatic carbocycles. The van der Waals surface area contributed by atoms with Crippen LogP contribution in [-0.4, -0.2) is 36.2 Å². The maximum atomic E-state index is 13.9. The van der Waals surface area contributed by atoms with E-state index in [4.69, 9.17) is 5.11 Å². The van der Waals surface area contributed by atoms with Crippen molar-refractivity contribution in [3.05, 3.63) is 33.6 Å². The Morgan fingerprint density at radius 2 is 2.11 bits per heavy atom. The van der Waals surface area contributed by atoms with Gasteiger partial charge in [-0.3, -0.25) is 10.1 Å². The van der Waals surface area contributed by atoms with Gasteiger partial charge in [0.25, 0.3) is 5.69 Å². The van der Waals surface area contributed by atoms with Crippen LogP contribution in [0, 0.1) is 15.9 Å². The third-order valence-electron chi connectivity index (χ3n) is 2.97. The largest absolute Gasteiger partial charge is 0.391 e. The first-order valence-electron chi connectivity index (χ1n) is 5.67. The number of anilines is 1. The fourth-order valence-corrected chi connectivity index (χ4v) is 2.04. The topological polar surface area (TPSA) is 78.6 Å². The predicted octanol–water partition coefficient (Wildman–Crippen LogP) is 0.636. The van der Waals surface area contributed by atoms with Gasteiger partial charge in [0, 0.05) is 26.2 Å². The maximum Gasteiger partial charge on any atom is 0.277 e. The van der Waals surface area contributed by atoms with Crippen molar-refractivity contribution >= 4 is 11.4 Å². The van der Waals surface area contributed by atoms with Gasteiger partial charge >= 0.3 is 0 Å². The molecule has 1 saturated heterocycles. The highest BCUT2D eigenvalue weighted by atomic mass is 19.1. The summed E-state index contributed by atoms with van der Waals surface area (Å²) in [6, 6.07) is 2.24. The molecule has 2 N–H and O–H groups in total. The van der Waals surface area contributed by atoms with Gasteiger partial charge < -0.3 is 15.3 Å². The first kappa shape index (κ1) is 12.7. The van der Waals surface area contributed by atoms with Crippen molar-refractivity contribution in [1.82, 2.24) is 5.32 Å². The summed E-state index contributed by atoms with van der Waals surface area (Å²) in [7, 11) is 0. The molecule has 0 aliphatic carbocycles. The van der Waals surface area contributed by atoms with E-state index in [-0.39, 0.29) is 11.3 Å². The molecule has 1 fully saturated rings. The summed E-state index contributed by atoms with van der Waals surface area (Å²) in [5.74, 6) is -0.624. The van der Waals surface area contributed by atoms with Crippen LogP contribution in [0.25, 0.3) is 0 Å².